The molecule has 0 unspecified atom stereocenters. The summed E-state index contributed by atoms with van der Waals surface area (Å²) < 4.78 is 16.9. The van der Waals surface area contributed by atoms with Crippen LogP contribution in [0.4, 0.5) is 0 Å². The number of ether oxygens (including phenoxy) is 3. The Morgan fingerprint density at radius 3 is 2.40 bits per heavy atom. The van der Waals surface area contributed by atoms with Gasteiger partial charge in [0.05, 0.1) is 12.1 Å². The lowest BCUT2D eigenvalue weighted by Crippen LogP contribution is -2.41. The molecular formula is C22H25ClN2O4S. The maximum atomic E-state index is 11.4. The number of piperidine rings is 1. The number of hydrogen-bond acceptors (Lipinski definition) is 5. The second-order valence-electron chi connectivity index (χ2n) is 6.96. The maximum Gasteiger partial charge on any atom is 0.220 e. The van der Waals surface area contributed by atoms with Crippen molar-refractivity contribution in [2.24, 2.45) is 11.7 Å². The molecule has 3 rings (SSSR count). The highest BCUT2D eigenvalue weighted by Gasteiger charge is 2.25. The largest absolute Gasteiger partial charge is 0.493 e. The number of nitrogens with zero attached hydrogens (tertiary/aromatic N) is 1. The van der Waals surface area contributed by atoms with Crippen LogP contribution in [0.3, 0.4) is 0 Å². The Hall–Kier alpha value is -2.51. The topological polar surface area (TPSA) is 74.0 Å². The molecule has 1 fully saturated rings. The quantitative estimate of drug-likeness (QED) is 0.490. The Morgan fingerprint density at radius 2 is 1.77 bits per heavy atom. The van der Waals surface area contributed by atoms with Gasteiger partial charge in [0.25, 0.3) is 0 Å². The third-order valence-corrected chi connectivity index (χ3v) is 5.84. The minimum absolute atomic E-state index is 0.0673. The molecule has 0 saturated carbocycles. The van der Waals surface area contributed by atoms with Crippen LogP contribution in [0.2, 0.25) is 5.02 Å². The number of amides is 1. The Morgan fingerprint density at radius 1 is 1.10 bits per heavy atom. The predicted octanol–water partition coefficient (Wildman–Crippen LogP) is 3.68. The van der Waals surface area contributed by atoms with Crippen LogP contribution in [0.5, 0.6) is 17.2 Å². The van der Waals surface area contributed by atoms with Crippen LogP contribution < -0.4 is 19.9 Å². The molecule has 160 valence electrons. The van der Waals surface area contributed by atoms with Gasteiger partial charge in [-0.05, 0) is 43.2 Å². The number of likely N-dealkylation sites (tertiary alicyclic amines) is 1. The number of methoxy groups -OCH3 is 1. The molecule has 0 spiro atoms. The van der Waals surface area contributed by atoms with Gasteiger partial charge in [-0.2, -0.15) is 0 Å². The zero-order chi connectivity index (χ0) is 21.5. The lowest BCUT2D eigenvalue weighted by atomic mass is 9.96. The van der Waals surface area contributed by atoms with E-state index in [9.17, 15) is 4.79 Å². The maximum absolute atomic E-state index is 11.4. The second-order valence-corrected chi connectivity index (χ2v) is 7.76. The van der Waals surface area contributed by atoms with Gasteiger partial charge >= 0.3 is 0 Å². The van der Waals surface area contributed by atoms with Crippen LogP contribution in [0.25, 0.3) is 0 Å². The molecule has 1 aliphatic rings. The van der Waals surface area contributed by atoms with E-state index in [2.05, 4.69) is 4.90 Å². The van der Waals surface area contributed by atoms with Gasteiger partial charge in [0.1, 0.15) is 24.0 Å². The summed E-state index contributed by atoms with van der Waals surface area (Å²) in [5.41, 5.74) is 6.28. The van der Waals surface area contributed by atoms with E-state index in [0.29, 0.717) is 48.6 Å². The molecule has 1 saturated heterocycles. The van der Waals surface area contributed by atoms with E-state index in [0.717, 1.165) is 23.4 Å². The SMILES string of the molecule is COc1cc(C(=S)N2CCC(C(N)=O)CC2)ccc1OCCOc1ccccc1Cl. The van der Waals surface area contributed by atoms with Gasteiger partial charge < -0.3 is 24.8 Å². The highest BCUT2D eigenvalue weighted by atomic mass is 35.5. The summed E-state index contributed by atoms with van der Waals surface area (Å²) in [7, 11) is 1.59. The molecule has 0 radical (unpaired) electrons. The number of thiocarbonyl (C=S) groups is 1. The summed E-state index contributed by atoms with van der Waals surface area (Å²) in [6, 6.07) is 12.9. The van der Waals surface area contributed by atoms with E-state index in [1.807, 2.05) is 36.4 Å². The Kier molecular flexibility index (Phi) is 7.76. The Bertz CT molecular complexity index is 900. The number of carbonyl (C=O) groups excluding carboxylic acids is 1. The number of halogens is 1. The molecule has 6 nitrogen and oxygen atoms in total. The zero-order valence-electron chi connectivity index (χ0n) is 16.8. The summed E-state index contributed by atoms with van der Waals surface area (Å²) in [5.74, 6) is 1.53. The predicted molar refractivity (Wildman–Crippen MR) is 121 cm³/mol. The standard InChI is InChI=1S/C22H25ClN2O4S/c1-27-20-14-16(22(30)25-10-8-15(9-11-25)21(24)26)6-7-19(20)29-13-12-28-18-5-3-2-4-17(18)23/h2-7,14-15H,8-13H2,1H3,(H2,24,26). The number of carbonyl (C=O) groups is 1. The van der Waals surface area contributed by atoms with Crippen LogP contribution in [0, 0.1) is 5.92 Å². The first-order chi connectivity index (χ1) is 14.5. The molecule has 0 aliphatic carbocycles. The van der Waals surface area contributed by atoms with Gasteiger partial charge in [-0.3, -0.25) is 4.79 Å². The molecule has 1 heterocycles. The highest BCUT2D eigenvalue weighted by Crippen LogP contribution is 2.30. The average Bonchev–Trinajstić information content (AvgIpc) is 2.77. The van der Waals surface area contributed by atoms with Crippen LogP contribution in [-0.4, -0.2) is 49.2 Å². The minimum atomic E-state index is -0.234. The van der Waals surface area contributed by atoms with Crippen LogP contribution >= 0.6 is 23.8 Å². The number of nitrogens with two attached hydrogens (primary N) is 1. The molecule has 2 N–H and O–H groups in total. The summed E-state index contributed by atoms with van der Waals surface area (Å²) in [6.45, 7) is 2.12. The molecule has 1 aliphatic heterocycles. The van der Waals surface area contributed by atoms with Gasteiger partial charge in [0.15, 0.2) is 11.5 Å². The summed E-state index contributed by atoms with van der Waals surface area (Å²) in [4.78, 5) is 14.2. The second kappa shape index (κ2) is 10.5. The summed E-state index contributed by atoms with van der Waals surface area (Å²) in [5, 5.41) is 0.563. The average molecular weight is 449 g/mol. The first-order valence-corrected chi connectivity index (χ1v) is 10.5. The van der Waals surface area contributed by atoms with E-state index in [4.69, 9.17) is 43.8 Å². The lowest BCUT2D eigenvalue weighted by Gasteiger charge is -2.32. The van der Waals surface area contributed by atoms with Crippen molar-refractivity contribution in [1.29, 1.82) is 0 Å². The molecule has 0 bridgehead atoms. The van der Waals surface area contributed by atoms with Crippen molar-refractivity contribution in [3.05, 3.63) is 53.1 Å². The number of primary amides is 1. The monoisotopic (exact) mass is 448 g/mol. The first-order valence-electron chi connectivity index (χ1n) is 9.76. The molecule has 30 heavy (non-hydrogen) atoms. The van der Waals surface area contributed by atoms with Crippen molar-refractivity contribution in [1.82, 2.24) is 4.90 Å². The molecule has 0 atom stereocenters. The fourth-order valence-corrected chi connectivity index (χ4v) is 3.83. The van der Waals surface area contributed by atoms with E-state index in [-0.39, 0.29) is 11.8 Å². The van der Waals surface area contributed by atoms with Gasteiger partial charge in [-0.15, -0.1) is 0 Å². The van der Waals surface area contributed by atoms with E-state index >= 15 is 0 Å². The Balaban J connectivity index is 1.56. The first kappa shape index (κ1) is 22.2. The number of hydrogen-bond donors (Lipinski definition) is 1. The van der Waals surface area contributed by atoms with Crippen molar-refractivity contribution in [2.75, 3.05) is 33.4 Å². The van der Waals surface area contributed by atoms with Crippen molar-refractivity contribution in [3.8, 4) is 17.2 Å². The van der Waals surface area contributed by atoms with Crippen molar-refractivity contribution in [3.63, 3.8) is 0 Å². The fraction of sp³-hybridized carbons (Fsp3) is 0.364. The molecular weight excluding hydrogens is 424 g/mol. The van der Waals surface area contributed by atoms with Crippen molar-refractivity contribution >= 4 is 34.7 Å². The third kappa shape index (κ3) is 5.55. The minimum Gasteiger partial charge on any atom is -0.493 e. The Labute approximate surface area is 186 Å². The zero-order valence-corrected chi connectivity index (χ0v) is 18.4. The normalized spacial score (nSPS) is 14.3. The van der Waals surface area contributed by atoms with E-state index < -0.39 is 0 Å². The highest BCUT2D eigenvalue weighted by molar-refractivity contribution is 7.80. The molecule has 1 amide bonds. The summed E-state index contributed by atoms with van der Waals surface area (Å²) in [6.07, 6.45) is 1.44. The van der Waals surface area contributed by atoms with Crippen molar-refractivity contribution in [2.45, 2.75) is 12.8 Å². The molecule has 2 aromatic rings. The van der Waals surface area contributed by atoms with Gasteiger partial charge in [0, 0.05) is 24.6 Å². The lowest BCUT2D eigenvalue weighted by molar-refractivity contribution is -0.122. The van der Waals surface area contributed by atoms with Gasteiger partial charge in [-0.25, -0.2) is 0 Å². The van der Waals surface area contributed by atoms with E-state index in [1.54, 1.807) is 13.2 Å². The third-order valence-electron chi connectivity index (χ3n) is 5.03. The van der Waals surface area contributed by atoms with Gasteiger partial charge in [-0.1, -0.05) is 36.0 Å². The fourth-order valence-electron chi connectivity index (χ4n) is 3.33. The smallest absolute Gasteiger partial charge is 0.220 e. The molecule has 0 aromatic heterocycles. The summed E-state index contributed by atoms with van der Waals surface area (Å²) >= 11 is 11.7. The molecule has 2 aromatic carbocycles. The number of rotatable bonds is 8. The van der Waals surface area contributed by atoms with Crippen LogP contribution in [-0.2, 0) is 4.79 Å². The molecule has 8 heteroatoms. The van der Waals surface area contributed by atoms with Gasteiger partial charge in [0.2, 0.25) is 5.91 Å². The van der Waals surface area contributed by atoms with E-state index in [1.165, 1.54) is 0 Å². The van der Waals surface area contributed by atoms with Crippen LogP contribution in [0.1, 0.15) is 18.4 Å². The number of benzene rings is 2. The van der Waals surface area contributed by atoms with Crippen LogP contribution in [0.15, 0.2) is 42.5 Å². The van der Waals surface area contributed by atoms with Crippen molar-refractivity contribution < 1.29 is 19.0 Å². The number of para-hydroxylation sites is 1.